The third kappa shape index (κ3) is 5.44. The van der Waals surface area contributed by atoms with Crippen molar-refractivity contribution in [3.05, 3.63) is 71.4 Å². The van der Waals surface area contributed by atoms with Crippen LogP contribution in [0.2, 0.25) is 5.02 Å². The first-order chi connectivity index (χ1) is 15.1. The fourth-order valence-corrected chi connectivity index (χ4v) is 3.71. The SMILES string of the molecule is COc1ccc(Nc2ccnc(N3CCC(NC(=O)c4cccc(Cl)c4)CC3)n2)cc1. The molecule has 31 heavy (non-hydrogen) atoms. The lowest BCUT2D eigenvalue weighted by Crippen LogP contribution is -2.45. The number of ether oxygens (including phenoxy) is 1. The van der Waals surface area contributed by atoms with E-state index < -0.39 is 0 Å². The van der Waals surface area contributed by atoms with E-state index in [0.29, 0.717) is 16.5 Å². The first kappa shape index (κ1) is 20.9. The summed E-state index contributed by atoms with van der Waals surface area (Å²) in [4.78, 5) is 23.7. The van der Waals surface area contributed by atoms with Crippen LogP contribution in [-0.2, 0) is 0 Å². The van der Waals surface area contributed by atoms with Crippen molar-refractivity contribution >= 4 is 35.0 Å². The molecule has 160 valence electrons. The molecule has 0 aliphatic carbocycles. The molecule has 1 aliphatic rings. The molecule has 1 fully saturated rings. The monoisotopic (exact) mass is 437 g/mol. The van der Waals surface area contributed by atoms with E-state index in [0.717, 1.165) is 43.2 Å². The number of carbonyl (C=O) groups excluding carboxylic acids is 1. The number of halogens is 1. The number of nitrogens with one attached hydrogen (secondary N) is 2. The highest BCUT2D eigenvalue weighted by Gasteiger charge is 2.23. The lowest BCUT2D eigenvalue weighted by atomic mass is 10.0. The van der Waals surface area contributed by atoms with Crippen LogP contribution in [0.25, 0.3) is 0 Å². The van der Waals surface area contributed by atoms with Gasteiger partial charge in [0, 0.05) is 41.6 Å². The lowest BCUT2D eigenvalue weighted by Gasteiger charge is -2.32. The standard InChI is InChI=1S/C23H24ClN5O2/c1-31-20-7-5-18(6-8-20)26-21-9-12-25-23(28-21)29-13-10-19(11-14-29)27-22(30)16-3-2-4-17(24)15-16/h2-9,12,15,19H,10-11,13-14H2,1H3,(H,27,30)(H,25,26,28). The van der Waals surface area contributed by atoms with E-state index in [1.165, 1.54) is 0 Å². The molecule has 2 aromatic carbocycles. The molecule has 0 unspecified atom stereocenters. The van der Waals surface area contributed by atoms with Crippen LogP contribution in [0.15, 0.2) is 60.8 Å². The molecule has 7 nitrogen and oxygen atoms in total. The Balaban J connectivity index is 1.33. The molecule has 0 saturated carbocycles. The Bertz CT molecular complexity index is 1040. The molecule has 3 aromatic rings. The zero-order chi connectivity index (χ0) is 21.6. The average molecular weight is 438 g/mol. The van der Waals surface area contributed by atoms with E-state index in [1.54, 1.807) is 37.6 Å². The molecule has 2 N–H and O–H groups in total. The van der Waals surface area contributed by atoms with E-state index in [2.05, 4.69) is 25.5 Å². The van der Waals surface area contributed by atoms with Gasteiger partial charge >= 0.3 is 0 Å². The Morgan fingerprint density at radius 1 is 1.13 bits per heavy atom. The van der Waals surface area contributed by atoms with E-state index in [4.69, 9.17) is 16.3 Å². The zero-order valence-electron chi connectivity index (χ0n) is 17.2. The summed E-state index contributed by atoms with van der Waals surface area (Å²) >= 11 is 5.98. The van der Waals surface area contributed by atoms with Crippen molar-refractivity contribution in [3.63, 3.8) is 0 Å². The van der Waals surface area contributed by atoms with Gasteiger partial charge in [0.05, 0.1) is 7.11 Å². The predicted molar refractivity (Wildman–Crippen MR) is 122 cm³/mol. The summed E-state index contributed by atoms with van der Waals surface area (Å²) < 4.78 is 5.19. The van der Waals surface area contributed by atoms with E-state index in [1.807, 2.05) is 30.3 Å². The van der Waals surface area contributed by atoms with Crippen molar-refractivity contribution in [3.8, 4) is 5.75 Å². The Kier molecular flexibility index (Phi) is 6.52. The summed E-state index contributed by atoms with van der Waals surface area (Å²) in [5.41, 5.74) is 1.50. The maximum atomic E-state index is 12.5. The maximum Gasteiger partial charge on any atom is 0.251 e. The topological polar surface area (TPSA) is 79.4 Å². The molecule has 0 atom stereocenters. The van der Waals surface area contributed by atoms with Gasteiger partial charge in [0.2, 0.25) is 5.95 Å². The van der Waals surface area contributed by atoms with E-state index >= 15 is 0 Å². The second-order valence-electron chi connectivity index (χ2n) is 7.34. The molecule has 4 rings (SSSR count). The number of carbonyl (C=O) groups is 1. The lowest BCUT2D eigenvalue weighted by molar-refractivity contribution is 0.0931. The van der Waals surface area contributed by atoms with Crippen molar-refractivity contribution in [1.29, 1.82) is 0 Å². The molecule has 0 spiro atoms. The Hall–Kier alpha value is -3.32. The number of piperidine rings is 1. The minimum atomic E-state index is -0.0945. The largest absolute Gasteiger partial charge is 0.497 e. The third-order valence-electron chi connectivity index (χ3n) is 5.21. The number of rotatable bonds is 6. The number of benzene rings is 2. The zero-order valence-corrected chi connectivity index (χ0v) is 18.0. The summed E-state index contributed by atoms with van der Waals surface area (Å²) in [5.74, 6) is 2.12. The maximum absolute atomic E-state index is 12.5. The number of methoxy groups -OCH3 is 1. The van der Waals surface area contributed by atoms with Gasteiger partial charge in [-0.3, -0.25) is 4.79 Å². The van der Waals surface area contributed by atoms with Gasteiger partial charge in [-0.1, -0.05) is 17.7 Å². The van der Waals surface area contributed by atoms with Crippen molar-refractivity contribution in [2.75, 3.05) is 30.4 Å². The van der Waals surface area contributed by atoms with Crippen LogP contribution in [0.1, 0.15) is 23.2 Å². The Labute approximate surface area is 186 Å². The van der Waals surface area contributed by atoms with Crippen LogP contribution >= 0.6 is 11.6 Å². The first-order valence-corrected chi connectivity index (χ1v) is 10.5. The average Bonchev–Trinajstić information content (AvgIpc) is 2.80. The summed E-state index contributed by atoms with van der Waals surface area (Å²) in [6.45, 7) is 1.54. The number of aromatic nitrogens is 2. The van der Waals surface area contributed by atoms with E-state index in [-0.39, 0.29) is 11.9 Å². The molecule has 1 amide bonds. The predicted octanol–water partition coefficient (Wildman–Crippen LogP) is 4.28. The quantitative estimate of drug-likeness (QED) is 0.599. The molecule has 1 saturated heterocycles. The molecule has 0 radical (unpaired) electrons. The van der Waals surface area contributed by atoms with Crippen LogP contribution in [0.4, 0.5) is 17.5 Å². The second kappa shape index (κ2) is 9.66. The minimum Gasteiger partial charge on any atom is -0.497 e. The molecule has 2 heterocycles. The highest BCUT2D eigenvalue weighted by molar-refractivity contribution is 6.30. The summed E-state index contributed by atoms with van der Waals surface area (Å²) in [6, 6.07) is 16.6. The molecular formula is C23H24ClN5O2. The molecule has 0 bridgehead atoms. The van der Waals surface area contributed by atoms with Gasteiger partial charge in [0.1, 0.15) is 11.6 Å². The fourth-order valence-electron chi connectivity index (χ4n) is 3.51. The number of hydrogen-bond donors (Lipinski definition) is 2. The summed E-state index contributed by atoms with van der Waals surface area (Å²) in [5, 5.41) is 6.95. The normalized spacial score (nSPS) is 14.2. The van der Waals surface area contributed by atoms with Crippen LogP contribution < -0.4 is 20.3 Å². The minimum absolute atomic E-state index is 0.0945. The van der Waals surface area contributed by atoms with Crippen molar-refractivity contribution in [2.24, 2.45) is 0 Å². The van der Waals surface area contributed by atoms with Gasteiger partial charge in [0.25, 0.3) is 5.91 Å². The molecule has 1 aromatic heterocycles. The van der Waals surface area contributed by atoms with E-state index in [9.17, 15) is 4.79 Å². The number of hydrogen-bond acceptors (Lipinski definition) is 6. The molecule has 1 aliphatic heterocycles. The Morgan fingerprint density at radius 2 is 1.90 bits per heavy atom. The van der Waals surface area contributed by atoms with Crippen LogP contribution in [0, 0.1) is 0 Å². The van der Waals surface area contributed by atoms with Gasteiger partial charge in [-0.2, -0.15) is 4.98 Å². The van der Waals surface area contributed by atoms with Gasteiger partial charge in [-0.05, 0) is 61.4 Å². The third-order valence-corrected chi connectivity index (χ3v) is 5.44. The van der Waals surface area contributed by atoms with Crippen LogP contribution in [-0.4, -0.2) is 42.1 Å². The highest BCUT2D eigenvalue weighted by atomic mass is 35.5. The van der Waals surface area contributed by atoms with Gasteiger partial charge in [-0.25, -0.2) is 4.98 Å². The smallest absolute Gasteiger partial charge is 0.251 e. The number of amides is 1. The summed E-state index contributed by atoms with van der Waals surface area (Å²) in [7, 11) is 1.64. The van der Waals surface area contributed by atoms with Gasteiger partial charge < -0.3 is 20.3 Å². The molecular weight excluding hydrogens is 414 g/mol. The van der Waals surface area contributed by atoms with Crippen molar-refractivity contribution in [2.45, 2.75) is 18.9 Å². The second-order valence-corrected chi connectivity index (χ2v) is 7.78. The van der Waals surface area contributed by atoms with Crippen molar-refractivity contribution < 1.29 is 9.53 Å². The Morgan fingerprint density at radius 3 is 2.61 bits per heavy atom. The van der Waals surface area contributed by atoms with Crippen LogP contribution in [0.3, 0.4) is 0 Å². The fraction of sp³-hybridized carbons (Fsp3) is 0.261. The summed E-state index contributed by atoms with van der Waals surface area (Å²) in [6.07, 6.45) is 3.40. The highest BCUT2D eigenvalue weighted by Crippen LogP contribution is 2.22. The van der Waals surface area contributed by atoms with Crippen molar-refractivity contribution in [1.82, 2.24) is 15.3 Å². The van der Waals surface area contributed by atoms with Crippen LogP contribution in [0.5, 0.6) is 5.75 Å². The van der Waals surface area contributed by atoms with Gasteiger partial charge in [0.15, 0.2) is 0 Å². The van der Waals surface area contributed by atoms with Gasteiger partial charge in [-0.15, -0.1) is 0 Å². The first-order valence-electron chi connectivity index (χ1n) is 10.2. The number of nitrogens with zero attached hydrogens (tertiary/aromatic N) is 3. The molecule has 8 heteroatoms. The number of anilines is 3.